The molecule has 0 unspecified atom stereocenters. The largest absolute Gasteiger partial charge is 1.00 e. The summed E-state index contributed by atoms with van der Waals surface area (Å²) < 4.78 is 34.7. The van der Waals surface area contributed by atoms with E-state index >= 15 is 0 Å². The van der Waals surface area contributed by atoms with Gasteiger partial charge in [-0.1, -0.05) is 5.57 Å². The first-order valence-electron chi connectivity index (χ1n) is 5.99. The van der Waals surface area contributed by atoms with Crippen molar-refractivity contribution in [3.63, 3.8) is 0 Å². The summed E-state index contributed by atoms with van der Waals surface area (Å²) in [5, 5.41) is -1.25. The van der Waals surface area contributed by atoms with Crippen molar-refractivity contribution in [3.8, 4) is 0 Å². The second kappa shape index (κ2) is 5.81. The van der Waals surface area contributed by atoms with E-state index in [0.717, 1.165) is 5.57 Å². The molecule has 8 heteroatoms. The van der Waals surface area contributed by atoms with Gasteiger partial charge >= 0.3 is 29.6 Å². The van der Waals surface area contributed by atoms with Crippen LogP contribution in [0.4, 0.5) is 0 Å². The summed E-state index contributed by atoms with van der Waals surface area (Å²) in [5.41, 5.74) is 1.88. The van der Waals surface area contributed by atoms with Crippen LogP contribution in [0.15, 0.2) is 23.0 Å². The Hall–Kier alpha value is -0.340. The molecular weight excluding hydrogens is 291 g/mol. The van der Waals surface area contributed by atoms with Crippen LogP contribution < -0.4 is 29.6 Å². The molecule has 0 N–H and O–H groups in total. The van der Waals surface area contributed by atoms with Gasteiger partial charge in [0, 0.05) is 24.5 Å². The molecule has 0 spiro atoms. The predicted molar refractivity (Wildman–Crippen MR) is 68.6 cm³/mol. The Kier molecular flexibility index (Phi) is 5.14. The van der Waals surface area contributed by atoms with Gasteiger partial charge in [0.1, 0.15) is 15.5 Å². The van der Waals surface area contributed by atoms with Crippen molar-refractivity contribution in [1.82, 2.24) is 9.80 Å². The molecular formula is C12H17N2NaO4S. The molecule has 2 aliphatic heterocycles. The summed E-state index contributed by atoms with van der Waals surface area (Å²) in [6.07, 6.45) is 2.05. The van der Waals surface area contributed by atoms with Gasteiger partial charge in [-0.3, -0.25) is 4.79 Å². The van der Waals surface area contributed by atoms with E-state index in [4.69, 9.17) is 0 Å². The van der Waals surface area contributed by atoms with Crippen LogP contribution in [0.25, 0.3) is 0 Å². The molecule has 106 valence electrons. The van der Waals surface area contributed by atoms with Gasteiger partial charge in [0.05, 0.1) is 6.04 Å². The number of rotatable bonds is 1. The van der Waals surface area contributed by atoms with Gasteiger partial charge in [-0.05, 0) is 27.2 Å². The summed E-state index contributed by atoms with van der Waals surface area (Å²) in [6.45, 7) is 5.12. The Balaban J connectivity index is 0.00000200. The van der Waals surface area contributed by atoms with Crippen LogP contribution in [-0.2, 0) is 14.9 Å². The first-order chi connectivity index (χ1) is 8.64. The molecule has 0 saturated carbocycles. The zero-order chi connectivity index (χ0) is 14.5. The van der Waals surface area contributed by atoms with Crippen molar-refractivity contribution in [2.45, 2.75) is 38.6 Å². The fourth-order valence-electron chi connectivity index (χ4n) is 2.71. The third kappa shape index (κ3) is 2.82. The Morgan fingerprint density at radius 2 is 1.85 bits per heavy atom. The van der Waals surface area contributed by atoms with Crippen molar-refractivity contribution in [2.75, 3.05) is 7.05 Å². The van der Waals surface area contributed by atoms with E-state index in [-0.39, 0.29) is 35.5 Å². The number of carbonyl (C=O) groups excluding carboxylic acids is 1. The van der Waals surface area contributed by atoms with Crippen LogP contribution in [0.3, 0.4) is 0 Å². The van der Waals surface area contributed by atoms with E-state index < -0.39 is 21.5 Å². The maximum Gasteiger partial charge on any atom is 1.00 e. The first kappa shape index (κ1) is 17.7. The molecule has 2 rings (SSSR count). The monoisotopic (exact) mass is 308 g/mol. The van der Waals surface area contributed by atoms with Crippen molar-refractivity contribution in [2.24, 2.45) is 0 Å². The molecule has 2 heterocycles. The standard InChI is InChI=1S/C12H18N2O4S.Na/c1-7-5-10-12(19(16,17)18)13(4)9(3)8(2)11(15)14(10)6-7;/h6,10,12H,5H2,1-4H3,(H,16,17,18);/q;+1/p-1/t10-,12-;/m0./s1. The van der Waals surface area contributed by atoms with Crippen LogP contribution in [0.5, 0.6) is 0 Å². The average molecular weight is 308 g/mol. The summed E-state index contributed by atoms with van der Waals surface area (Å²) in [4.78, 5) is 15.1. The fourth-order valence-corrected chi connectivity index (χ4v) is 3.87. The third-order valence-electron chi connectivity index (χ3n) is 3.88. The molecule has 2 aliphatic rings. The Labute approximate surface area is 141 Å². The molecule has 0 aromatic heterocycles. The van der Waals surface area contributed by atoms with Crippen molar-refractivity contribution in [3.05, 3.63) is 23.0 Å². The average Bonchev–Trinajstić information content (AvgIpc) is 2.63. The Morgan fingerprint density at radius 1 is 1.30 bits per heavy atom. The van der Waals surface area contributed by atoms with E-state index in [9.17, 15) is 17.8 Å². The third-order valence-corrected chi connectivity index (χ3v) is 5.10. The zero-order valence-corrected chi connectivity index (χ0v) is 15.2. The minimum Gasteiger partial charge on any atom is -0.746 e. The molecule has 2 atom stereocenters. The quantitative estimate of drug-likeness (QED) is 0.399. The number of hydrogen-bond acceptors (Lipinski definition) is 5. The van der Waals surface area contributed by atoms with Gasteiger partial charge in [0.2, 0.25) is 0 Å². The van der Waals surface area contributed by atoms with Crippen LogP contribution in [0.1, 0.15) is 27.2 Å². The predicted octanol–water partition coefficient (Wildman–Crippen LogP) is -2.39. The van der Waals surface area contributed by atoms with Gasteiger partial charge in [0.15, 0.2) is 0 Å². The second-order valence-electron chi connectivity index (χ2n) is 5.16. The van der Waals surface area contributed by atoms with E-state index in [1.807, 2.05) is 6.92 Å². The topological polar surface area (TPSA) is 80.8 Å². The summed E-state index contributed by atoms with van der Waals surface area (Å²) in [5.74, 6) is -0.239. The molecule has 0 aromatic rings. The minimum atomic E-state index is -4.54. The van der Waals surface area contributed by atoms with E-state index in [1.54, 1.807) is 27.1 Å². The summed E-state index contributed by atoms with van der Waals surface area (Å²) in [6, 6.07) is -0.646. The van der Waals surface area contributed by atoms with E-state index in [1.165, 1.54) is 9.80 Å². The van der Waals surface area contributed by atoms with Gasteiger partial charge in [-0.15, -0.1) is 0 Å². The van der Waals surface area contributed by atoms with Crippen molar-refractivity contribution in [1.29, 1.82) is 0 Å². The number of allylic oxidation sites excluding steroid dienone is 1. The van der Waals surface area contributed by atoms with E-state index in [2.05, 4.69) is 0 Å². The number of likely N-dealkylation sites (N-methyl/N-ethyl adjacent to an activating group) is 1. The van der Waals surface area contributed by atoms with Crippen LogP contribution in [0.2, 0.25) is 0 Å². The molecule has 6 nitrogen and oxygen atoms in total. The van der Waals surface area contributed by atoms with Crippen molar-refractivity contribution >= 4 is 16.0 Å². The molecule has 0 saturated heterocycles. The number of fused-ring (bicyclic) bond motifs is 1. The number of nitrogens with zero attached hydrogens (tertiary/aromatic N) is 2. The zero-order valence-electron chi connectivity index (χ0n) is 12.4. The Morgan fingerprint density at radius 3 is 2.35 bits per heavy atom. The molecule has 1 amide bonds. The molecule has 20 heavy (non-hydrogen) atoms. The smallest absolute Gasteiger partial charge is 0.746 e. The molecule has 0 aliphatic carbocycles. The SMILES string of the molecule is CC1=CN2C(=O)C(C)=C(C)N(C)[C@@H](S(=O)(=O)[O-])[C@@H]2C1.[Na+]. The fraction of sp³-hybridized carbons (Fsp3) is 0.583. The van der Waals surface area contributed by atoms with Crippen LogP contribution in [0, 0.1) is 0 Å². The maximum absolute atomic E-state index is 12.3. The second-order valence-corrected chi connectivity index (χ2v) is 6.63. The number of amides is 1. The molecule has 0 bridgehead atoms. The Bertz CT molecular complexity index is 597. The maximum atomic E-state index is 12.3. The number of carbonyl (C=O) groups is 1. The molecule has 0 radical (unpaired) electrons. The van der Waals surface area contributed by atoms with E-state index in [0.29, 0.717) is 17.7 Å². The first-order valence-corrected chi connectivity index (χ1v) is 7.46. The summed E-state index contributed by atoms with van der Waals surface area (Å²) >= 11 is 0. The minimum absolute atomic E-state index is 0. The van der Waals surface area contributed by atoms with Gasteiger partial charge in [-0.25, -0.2) is 8.42 Å². The van der Waals surface area contributed by atoms with Crippen LogP contribution >= 0.6 is 0 Å². The van der Waals surface area contributed by atoms with Crippen LogP contribution in [-0.4, -0.2) is 47.1 Å². The molecule has 0 aromatic carbocycles. The number of hydrogen-bond donors (Lipinski definition) is 0. The molecule has 0 fully saturated rings. The summed E-state index contributed by atoms with van der Waals surface area (Å²) in [7, 11) is -3.00. The van der Waals surface area contributed by atoms with Gasteiger partial charge in [0.25, 0.3) is 5.91 Å². The normalized spacial score (nSPS) is 27.1. The van der Waals surface area contributed by atoms with Gasteiger partial charge < -0.3 is 14.4 Å². The van der Waals surface area contributed by atoms with Crippen molar-refractivity contribution < 1.29 is 47.3 Å². The van der Waals surface area contributed by atoms with Gasteiger partial charge in [-0.2, -0.15) is 0 Å².